The number of allylic oxidation sites excluding steroid dienone is 1. The summed E-state index contributed by atoms with van der Waals surface area (Å²) in [6.07, 6.45) is 1.81. The minimum Gasteiger partial charge on any atom is -0.493 e. The van der Waals surface area contributed by atoms with Gasteiger partial charge < -0.3 is 5.11 Å². The Balaban J connectivity index is 1.74. The molecule has 3 aromatic rings. The van der Waals surface area contributed by atoms with Crippen LogP contribution in [-0.4, -0.2) is 15.4 Å². The lowest BCUT2D eigenvalue weighted by molar-refractivity contribution is 0.420. The fourth-order valence-electron chi connectivity index (χ4n) is 3.02. The van der Waals surface area contributed by atoms with Gasteiger partial charge in [-0.05, 0) is 36.8 Å². The maximum atomic E-state index is 12.4. The lowest BCUT2D eigenvalue weighted by atomic mass is 10.0. The lowest BCUT2D eigenvalue weighted by Gasteiger charge is -2.07. The number of hydrogen-bond acceptors (Lipinski definition) is 4. The highest BCUT2D eigenvalue weighted by Crippen LogP contribution is 2.37. The predicted molar refractivity (Wildman–Crippen MR) is 113 cm³/mol. The van der Waals surface area contributed by atoms with Crippen LogP contribution in [0.1, 0.15) is 22.9 Å². The second-order valence-electron chi connectivity index (χ2n) is 6.15. The number of aromatic hydroxyl groups is 1. The summed E-state index contributed by atoms with van der Waals surface area (Å²) >= 11 is 13.1. The molecule has 0 aliphatic carbocycles. The summed E-state index contributed by atoms with van der Waals surface area (Å²) < 4.78 is 1.31. The summed E-state index contributed by atoms with van der Waals surface area (Å²) in [5, 5.41) is 11.6. The maximum Gasteiger partial charge on any atom is 0.310 e. The number of halogens is 2. The average molecular weight is 417 g/mol. The minimum absolute atomic E-state index is 0.0827. The third kappa shape index (κ3) is 3.34. The van der Waals surface area contributed by atoms with Crippen molar-refractivity contribution in [3.63, 3.8) is 0 Å². The van der Waals surface area contributed by atoms with Crippen LogP contribution < -0.4 is 4.87 Å². The van der Waals surface area contributed by atoms with Gasteiger partial charge in [0.15, 0.2) is 0 Å². The van der Waals surface area contributed by atoms with Crippen molar-refractivity contribution in [3.05, 3.63) is 78.2 Å². The molecule has 0 saturated heterocycles. The van der Waals surface area contributed by atoms with Crippen molar-refractivity contribution in [2.45, 2.75) is 13.5 Å². The normalized spacial score (nSPS) is 14.5. The van der Waals surface area contributed by atoms with Crippen molar-refractivity contribution in [1.82, 2.24) is 4.57 Å². The van der Waals surface area contributed by atoms with E-state index in [9.17, 15) is 9.90 Å². The maximum absolute atomic E-state index is 12.4. The van der Waals surface area contributed by atoms with Crippen LogP contribution in [-0.2, 0) is 6.54 Å². The molecule has 7 heteroatoms. The van der Waals surface area contributed by atoms with E-state index in [0.29, 0.717) is 20.5 Å². The Bertz CT molecular complexity index is 1170. The Morgan fingerprint density at radius 1 is 1.22 bits per heavy atom. The van der Waals surface area contributed by atoms with Crippen LogP contribution in [0.25, 0.3) is 11.6 Å². The molecule has 1 aromatic heterocycles. The van der Waals surface area contributed by atoms with E-state index in [4.69, 9.17) is 23.2 Å². The molecule has 0 amide bonds. The molecule has 0 radical (unpaired) electrons. The largest absolute Gasteiger partial charge is 0.493 e. The van der Waals surface area contributed by atoms with E-state index in [0.717, 1.165) is 33.9 Å². The molecular weight excluding hydrogens is 403 g/mol. The summed E-state index contributed by atoms with van der Waals surface area (Å²) in [4.78, 5) is 17.2. The van der Waals surface area contributed by atoms with Gasteiger partial charge in [0.1, 0.15) is 0 Å². The molecule has 136 valence electrons. The van der Waals surface area contributed by atoms with Gasteiger partial charge in [0.2, 0.25) is 5.88 Å². The van der Waals surface area contributed by atoms with Crippen molar-refractivity contribution < 1.29 is 5.11 Å². The molecule has 1 aliphatic rings. The smallest absolute Gasteiger partial charge is 0.310 e. The number of para-hydroxylation sites is 1. The number of nitrogens with zero attached hydrogens (tertiary/aromatic N) is 2. The molecule has 2 aromatic carbocycles. The number of fused-ring (bicyclic) bond motifs is 1. The van der Waals surface area contributed by atoms with Crippen LogP contribution >= 0.6 is 34.5 Å². The molecule has 0 bridgehead atoms. The first kappa shape index (κ1) is 18.0. The van der Waals surface area contributed by atoms with Crippen molar-refractivity contribution in [3.8, 4) is 5.88 Å². The van der Waals surface area contributed by atoms with E-state index in [1.165, 1.54) is 4.57 Å². The van der Waals surface area contributed by atoms with E-state index < -0.39 is 0 Å². The van der Waals surface area contributed by atoms with Crippen molar-refractivity contribution in [1.29, 1.82) is 0 Å². The molecule has 0 spiro atoms. The molecule has 1 aliphatic heterocycles. The summed E-state index contributed by atoms with van der Waals surface area (Å²) in [6.45, 7) is 2.08. The predicted octanol–water partition coefficient (Wildman–Crippen LogP) is 5.62. The van der Waals surface area contributed by atoms with Gasteiger partial charge in [0.25, 0.3) is 0 Å². The summed E-state index contributed by atoms with van der Waals surface area (Å²) in [5.74, 6) is -0.0827. The Labute approximate surface area is 169 Å². The molecule has 0 saturated carbocycles. The zero-order valence-electron chi connectivity index (χ0n) is 14.2. The fourth-order valence-corrected chi connectivity index (χ4v) is 4.31. The Hall–Kier alpha value is -2.34. The van der Waals surface area contributed by atoms with Gasteiger partial charge >= 0.3 is 4.87 Å². The van der Waals surface area contributed by atoms with E-state index >= 15 is 0 Å². The van der Waals surface area contributed by atoms with E-state index in [1.54, 1.807) is 18.2 Å². The van der Waals surface area contributed by atoms with E-state index in [2.05, 4.69) is 4.99 Å². The molecule has 0 atom stereocenters. The van der Waals surface area contributed by atoms with Gasteiger partial charge in [0.05, 0.1) is 17.1 Å². The van der Waals surface area contributed by atoms with Crippen molar-refractivity contribution in [2.75, 3.05) is 0 Å². The zero-order valence-corrected chi connectivity index (χ0v) is 16.6. The van der Waals surface area contributed by atoms with Gasteiger partial charge in [-0.2, -0.15) is 0 Å². The topological polar surface area (TPSA) is 54.6 Å². The molecule has 27 heavy (non-hydrogen) atoms. The Morgan fingerprint density at radius 2 is 2.00 bits per heavy atom. The molecule has 0 fully saturated rings. The third-order valence-corrected chi connectivity index (χ3v) is 5.89. The van der Waals surface area contributed by atoms with Crippen LogP contribution in [0.4, 0.5) is 5.69 Å². The second-order valence-corrected chi connectivity index (χ2v) is 7.99. The van der Waals surface area contributed by atoms with Crippen LogP contribution in [0.5, 0.6) is 5.88 Å². The highest BCUT2D eigenvalue weighted by Gasteiger charge is 2.20. The number of benzene rings is 2. The third-order valence-electron chi connectivity index (χ3n) is 4.38. The van der Waals surface area contributed by atoms with Crippen LogP contribution in [0.2, 0.25) is 10.0 Å². The molecule has 4 nitrogen and oxygen atoms in total. The SMILES string of the molecule is CC1=Nc2ccccc2/C1=C\c1sc(=O)n(Cc2ccc(Cl)cc2Cl)c1O. The zero-order chi connectivity index (χ0) is 19.1. The van der Waals surface area contributed by atoms with Gasteiger partial charge in [-0.25, -0.2) is 0 Å². The monoisotopic (exact) mass is 416 g/mol. The first-order valence-corrected chi connectivity index (χ1v) is 9.74. The highest BCUT2D eigenvalue weighted by atomic mass is 35.5. The van der Waals surface area contributed by atoms with Gasteiger partial charge in [0, 0.05) is 26.9 Å². The van der Waals surface area contributed by atoms with Crippen molar-refractivity contribution >= 4 is 57.6 Å². The summed E-state index contributed by atoms with van der Waals surface area (Å²) in [7, 11) is 0. The number of aliphatic imine (C=N–C) groups is 1. The second kappa shape index (κ2) is 7.00. The average Bonchev–Trinajstić information content (AvgIpc) is 3.08. The Kier molecular flexibility index (Phi) is 4.68. The van der Waals surface area contributed by atoms with Gasteiger partial charge in [-0.15, -0.1) is 0 Å². The van der Waals surface area contributed by atoms with Crippen molar-refractivity contribution in [2.24, 2.45) is 4.99 Å². The fraction of sp³-hybridized carbons (Fsp3) is 0.100. The van der Waals surface area contributed by atoms with Crippen LogP contribution in [0, 0.1) is 0 Å². The molecule has 4 rings (SSSR count). The van der Waals surface area contributed by atoms with Crippen LogP contribution in [0.3, 0.4) is 0 Å². The summed E-state index contributed by atoms with van der Waals surface area (Å²) in [6, 6.07) is 12.9. The van der Waals surface area contributed by atoms with Gasteiger partial charge in [-0.3, -0.25) is 14.4 Å². The molecule has 0 unspecified atom stereocenters. The molecule has 2 heterocycles. The Morgan fingerprint density at radius 3 is 2.78 bits per heavy atom. The molecular formula is C20H14Cl2N2O2S. The first-order chi connectivity index (χ1) is 12.9. The van der Waals surface area contributed by atoms with Crippen LogP contribution in [0.15, 0.2) is 52.3 Å². The van der Waals surface area contributed by atoms with E-state index in [1.807, 2.05) is 37.3 Å². The lowest BCUT2D eigenvalue weighted by Crippen LogP contribution is -2.13. The quantitative estimate of drug-likeness (QED) is 0.602. The van der Waals surface area contributed by atoms with Gasteiger partial charge in [-0.1, -0.05) is 58.8 Å². The minimum atomic E-state index is -0.258. The number of hydrogen-bond donors (Lipinski definition) is 1. The summed E-state index contributed by atoms with van der Waals surface area (Å²) in [5.41, 5.74) is 4.34. The van der Waals surface area contributed by atoms with E-state index in [-0.39, 0.29) is 17.3 Å². The standard InChI is InChI=1S/C20H14Cl2N2O2S/c1-11-15(14-4-2-3-5-17(14)23-11)9-18-19(25)24(20(26)27-18)10-12-6-7-13(21)8-16(12)22/h2-9,25H,10H2,1H3/b15-9-. The number of rotatable bonds is 3. The number of aromatic nitrogens is 1. The highest BCUT2D eigenvalue weighted by molar-refractivity contribution is 7.10. The number of thiazole rings is 1. The molecule has 1 N–H and O–H groups in total. The first-order valence-electron chi connectivity index (χ1n) is 8.17.